The molecule has 35 heavy (non-hydrogen) atoms. The van der Waals surface area contributed by atoms with Crippen LogP contribution in [0.2, 0.25) is 0 Å². The van der Waals surface area contributed by atoms with E-state index in [0.717, 1.165) is 18.6 Å². The minimum Gasteiger partial charge on any atom is -0.366 e. The first-order chi connectivity index (χ1) is 17.0. The summed E-state index contributed by atoms with van der Waals surface area (Å²) in [5.74, 6) is 0. The summed E-state index contributed by atoms with van der Waals surface area (Å²) in [5, 5.41) is 4.29. The third-order valence-electron chi connectivity index (χ3n) is 6.67. The number of aryl methyl sites for hydroxylation is 4. The highest BCUT2D eigenvalue weighted by Crippen LogP contribution is 2.38. The molecule has 4 aromatic rings. The van der Waals surface area contributed by atoms with Gasteiger partial charge in [-0.3, -0.25) is 0 Å². The van der Waals surface area contributed by atoms with E-state index in [9.17, 15) is 0 Å². The number of fused-ring (bicyclic) bond motifs is 1. The topological polar surface area (TPSA) is 17.3 Å². The summed E-state index contributed by atoms with van der Waals surface area (Å²) in [6, 6.07) is 15.6. The molecule has 0 saturated carbocycles. The molecule has 4 heterocycles. The van der Waals surface area contributed by atoms with Crippen LogP contribution in [-0.4, -0.2) is 17.7 Å². The van der Waals surface area contributed by atoms with Gasteiger partial charge in [-0.05, 0) is 90.4 Å². The Hall–Kier alpha value is -2.89. The van der Waals surface area contributed by atoms with Crippen LogP contribution in [0.15, 0.2) is 75.9 Å². The molecule has 0 fully saturated rings. The number of nitrogens with zero attached hydrogens (tertiary/aromatic N) is 2. The molecule has 2 nitrogen and oxygen atoms in total. The Balaban J connectivity index is 1.84. The highest BCUT2D eigenvalue weighted by atomic mass is 32.1. The monoisotopic (exact) mass is 493 g/mol. The van der Waals surface area contributed by atoms with Gasteiger partial charge in [0.05, 0.1) is 16.3 Å². The number of hydrogen-bond donors (Lipinski definition) is 0. The second-order valence-electron chi connectivity index (χ2n) is 9.07. The van der Waals surface area contributed by atoms with Crippen LogP contribution < -0.4 is 0 Å². The number of thiophene rings is 2. The molecular weight excluding hydrogens is 463 g/mol. The number of hydrogen-bond acceptors (Lipinski definition) is 3. The van der Waals surface area contributed by atoms with Gasteiger partial charge < -0.3 is 9.38 Å². The van der Waals surface area contributed by atoms with Crippen LogP contribution in [0.25, 0.3) is 16.1 Å². The molecule has 5 heteroatoms. The molecule has 0 spiro atoms. The molecule has 0 N–H and O–H groups in total. The van der Waals surface area contributed by atoms with Crippen molar-refractivity contribution in [1.29, 1.82) is 0 Å². The Labute approximate surface area is 217 Å². The number of aromatic nitrogens is 1. The summed E-state index contributed by atoms with van der Waals surface area (Å²) in [6.07, 6.45) is 6.51. The molecule has 5 rings (SSSR count). The maximum absolute atomic E-state index is 5.15. The largest absolute Gasteiger partial charge is 0.416 e. The molecule has 1 radical (unpaired) electrons. The third-order valence-corrected chi connectivity index (χ3v) is 8.42. The predicted molar refractivity (Wildman–Crippen MR) is 155 cm³/mol. The maximum atomic E-state index is 5.15. The summed E-state index contributed by atoms with van der Waals surface area (Å²) < 4.78 is 2.33. The molecule has 0 saturated heterocycles. The van der Waals surface area contributed by atoms with Crippen molar-refractivity contribution >= 4 is 41.5 Å². The molecule has 0 aliphatic carbocycles. The molecule has 1 aliphatic rings. The van der Waals surface area contributed by atoms with Crippen molar-refractivity contribution in [2.24, 2.45) is 4.90 Å². The fourth-order valence-corrected chi connectivity index (χ4v) is 6.71. The molecule has 0 unspecified atom stereocenters. The molecule has 175 valence electrons. The normalized spacial score (nSPS) is 15.2. The molecule has 1 aromatic carbocycles. The first-order valence-corrected chi connectivity index (χ1v) is 14.0. The zero-order chi connectivity index (χ0) is 24.5. The van der Waals surface area contributed by atoms with E-state index >= 15 is 0 Å². The van der Waals surface area contributed by atoms with E-state index < -0.39 is 0 Å². The summed E-state index contributed by atoms with van der Waals surface area (Å²) >= 11 is 3.54. The Morgan fingerprint density at radius 1 is 0.857 bits per heavy atom. The summed E-state index contributed by atoms with van der Waals surface area (Å²) in [7, 11) is 2.06. The minimum absolute atomic E-state index is 0.924. The summed E-state index contributed by atoms with van der Waals surface area (Å²) in [4.78, 5) is 7.63. The van der Waals surface area contributed by atoms with Gasteiger partial charge in [0.25, 0.3) is 0 Å². The van der Waals surface area contributed by atoms with E-state index in [2.05, 4.69) is 112 Å². The van der Waals surface area contributed by atoms with Crippen molar-refractivity contribution in [3.05, 3.63) is 109 Å². The molecular formula is C30H30BN2S2. The highest BCUT2D eigenvalue weighted by Gasteiger charge is 2.24. The molecule has 1 aliphatic heterocycles. The zero-order valence-electron chi connectivity index (χ0n) is 21.1. The van der Waals surface area contributed by atoms with Crippen LogP contribution >= 0.6 is 22.7 Å². The third kappa shape index (κ3) is 4.44. The highest BCUT2D eigenvalue weighted by molar-refractivity contribution is 7.13. The maximum Gasteiger partial charge on any atom is 0.416 e. The van der Waals surface area contributed by atoms with Gasteiger partial charge >= 0.3 is 7.55 Å². The van der Waals surface area contributed by atoms with Gasteiger partial charge in [0.1, 0.15) is 0 Å². The van der Waals surface area contributed by atoms with Crippen LogP contribution in [-0.2, 0) is 6.42 Å². The van der Waals surface area contributed by atoms with Gasteiger partial charge in [0, 0.05) is 16.1 Å². The lowest BCUT2D eigenvalue weighted by molar-refractivity contribution is 1.13. The van der Waals surface area contributed by atoms with Gasteiger partial charge in [0.15, 0.2) is 0 Å². The second kappa shape index (κ2) is 10.0. The first kappa shape index (κ1) is 23.8. The summed E-state index contributed by atoms with van der Waals surface area (Å²) in [5.41, 5.74) is 12.6. The Bertz CT molecular complexity index is 1430. The second-order valence-corrected chi connectivity index (χ2v) is 11.0. The quantitative estimate of drug-likeness (QED) is 0.248. The average molecular weight is 494 g/mol. The minimum atomic E-state index is 0.924. The van der Waals surface area contributed by atoms with Gasteiger partial charge in [-0.1, -0.05) is 55.8 Å². The van der Waals surface area contributed by atoms with E-state index in [4.69, 9.17) is 4.90 Å². The lowest BCUT2D eigenvalue weighted by Gasteiger charge is -2.17. The van der Waals surface area contributed by atoms with E-state index in [0.29, 0.717) is 0 Å². The van der Waals surface area contributed by atoms with Crippen LogP contribution in [0.5, 0.6) is 0 Å². The van der Waals surface area contributed by atoms with Crippen LogP contribution in [0.4, 0.5) is 0 Å². The first-order valence-electron chi connectivity index (χ1n) is 12.2. The molecule has 3 aromatic heterocycles. The lowest BCUT2D eigenvalue weighted by atomic mass is 9.90. The molecule has 0 atom stereocenters. The number of allylic oxidation sites excluding steroid dienone is 3. The van der Waals surface area contributed by atoms with E-state index in [1.54, 1.807) is 22.7 Å². The van der Waals surface area contributed by atoms with Crippen molar-refractivity contribution in [3.63, 3.8) is 0 Å². The van der Waals surface area contributed by atoms with E-state index in [-0.39, 0.29) is 0 Å². The SMILES string of the molecule is CCC1=C/C=C(\c2c(C)cc(C)cc2C)c2cc(CC)c(-c3cccs3)n2[B]N=C1c1cccs1. The van der Waals surface area contributed by atoms with Crippen molar-refractivity contribution in [2.45, 2.75) is 47.5 Å². The van der Waals surface area contributed by atoms with Crippen LogP contribution in [0, 0.1) is 20.8 Å². The van der Waals surface area contributed by atoms with E-state index in [1.807, 2.05) is 0 Å². The standard InChI is InChI=1S/C30H30BN2S2/c1-6-22-12-13-24(28-20(4)16-19(3)17-21(28)5)25-18-23(7-2)30(27-11-9-15-35-27)33(25)31-32-29(22)26-10-8-14-34-26/h8-18H,6-7H2,1-5H3/b22-12?,24-13-,32-29?. The number of benzene rings is 1. The van der Waals surface area contributed by atoms with Crippen molar-refractivity contribution in [2.75, 3.05) is 0 Å². The fraction of sp³-hybridized carbons (Fsp3) is 0.233. The van der Waals surface area contributed by atoms with Gasteiger partial charge in [0.2, 0.25) is 0 Å². The fourth-order valence-electron chi connectivity index (χ4n) is 5.15. The molecule has 0 bridgehead atoms. The lowest BCUT2D eigenvalue weighted by Crippen LogP contribution is -2.13. The smallest absolute Gasteiger partial charge is 0.366 e. The zero-order valence-corrected chi connectivity index (χ0v) is 22.7. The van der Waals surface area contributed by atoms with Gasteiger partial charge in [-0.25, -0.2) is 0 Å². The Kier molecular flexibility index (Phi) is 6.81. The predicted octanol–water partition coefficient (Wildman–Crippen LogP) is 8.42. The van der Waals surface area contributed by atoms with Crippen molar-refractivity contribution < 1.29 is 0 Å². The average Bonchev–Trinajstić information content (AvgIpc) is 3.59. The van der Waals surface area contributed by atoms with Gasteiger partial charge in [-0.15, -0.1) is 22.7 Å². The van der Waals surface area contributed by atoms with Gasteiger partial charge in [-0.2, -0.15) is 0 Å². The van der Waals surface area contributed by atoms with Crippen LogP contribution in [0.3, 0.4) is 0 Å². The van der Waals surface area contributed by atoms with Crippen molar-refractivity contribution in [1.82, 2.24) is 4.48 Å². The number of rotatable bonds is 5. The van der Waals surface area contributed by atoms with Crippen LogP contribution in [0.1, 0.15) is 58.7 Å². The Morgan fingerprint density at radius 3 is 2.14 bits per heavy atom. The Morgan fingerprint density at radius 2 is 1.54 bits per heavy atom. The van der Waals surface area contributed by atoms with E-state index in [1.165, 1.54) is 60.1 Å². The van der Waals surface area contributed by atoms with Crippen molar-refractivity contribution in [3.8, 4) is 10.6 Å². The summed E-state index contributed by atoms with van der Waals surface area (Å²) in [6.45, 7) is 11.1. The molecule has 0 amide bonds.